The summed E-state index contributed by atoms with van der Waals surface area (Å²) in [4.78, 5) is 45.6. The Balaban J connectivity index is 1.62. The number of fused-ring (bicyclic) bond motifs is 1. The van der Waals surface area contributed by atoms with Gasteiger partial charge in [-0.3, -0.25) is 19.9 Å². The van der Waals surface area contributed by atoms with Crippen molar-refractivity contribution in [2.24, 2.45) is 5.92 Å². The first-order valence-corrected chi connectivity index (χ1v) is 13.1. The quantitative estimate of drug-likeness (QED) is 0.328. The fourth-order valence-corrected chi connectivity index (χ4v) is 5.10. The molecule has 2 amide bonds. The summed E-state index contributed by atoms with van der Waals surface area (Å²) in [6.07, 6.45) is 0.323. The third-order valence-electron chi connectivity index (χ3n) is 7.17. The van der Waals surface area contributed by atoms with E-state index in [-0.39, 0.29) is 5.92 Å². The molecular weight excluding hydrogens is 508 g/mol. The van der Waals surface area contributed by atoms with Crippen molar-refractivity contribution in [2.75, 3.05) is 25.2 Å². The Morgan fingerprint density at radius 3 is 2.23 bits per heavy atom. The third kappa shape index (κ3) is 5.64. The molecule has 0 unspecified atom stereocenters. The minimum absolute atomic E-state index is 0.373. The number of hydrazine groups is 1. The average Bonchev–Trinajstić information content (AvgIpc) is 3.00. The predicted molar refractivity (Wildman–Crippen MR) is 152 cm³/mol. The average molecular weight is 539 g/mol. The number of methoxy groups -OCH3 is 1. The summed E-state index contributed by atoms with van der Waals surface area (Å²) in [6, 6.07) is 25.8. The van der Waals surface area contributed by atoms with Gasteiger partial charge in [-0.05, 0) is 44.1 Å². The lowest BCUT2D eigenvalue weighted by Gasteiger charge is -2.31. The molecule has 1 fully saturated rings. The molecule has 1 aliphatic rings. The van der Waals surface area contributed by atoms with Gasteiger partial charge in [-0.15, -0.1) is 0 Å². The summed E-state index contributed by atoms with van der Waals surface area (Å²) in [6.45, 7) is 1.55. The Bertz CT molecular complexity index is 1520. The van der Waals surface area contributed by atoms with Gasteiger partial charge in [-0.1, -0.05) is 66.7 Å². The lowest BCUT2D eigenvalue weighted by atomic mass is 9.93. The van der Waals surface area contributed by atoms with Gasteiger partial charge in [0.1, 0.15) is 0 Å². The highest BCUT2D eigenvalue weighted by molar-refractivity contribution is 6.10. The predicted octanol–water partition coefficient (Wildman–Crippen LogP) is 5.12. The molecule has 0 radical (unpaired) electrons. The van der Waals surface area contributed by atoms with Crippen molar-refractivity contribution < 1.29 is 24.2 Å². The second-order valence-corrected chi connectivity index (χ2v) is 9.67. The molecule has 40 heavy (non-hydrogen) atoms. The van der Waals surface area contributed by atoms with E-state index in [0.717, 1.165) is 10.6 Å². The van der Waals surface area contributed by atoms with Crippen LogP contribution in [0.3, 0.4) is 0 Å². The van der Waals surface area contributed by atoms with Crippen LogP contribution >= 0.6 is 0 Å². The molecule has 2 heterocycles. The number of carbonyl (C=O) groups is 3. The van der Waals surface area contributed by atoms with Crippen LogP contribution in [-0.4, -0.2) is 53.2 Å². The van der Waals surface area contributed by atoms with E-state index in [1.807, 2.05) is 60.7 Å². The molecule has 0 saturated carbocycles. The van der Waals surface area contributed by atoms with E-state index >= 15 is 0 Å². The zero-order valence-electron chi connectivity index (χ0n) is 22.1. The number of piperidine rings is 1. The summed E-state index contributed by atoms with van der Waals surface area (Å²) < 4.78 is 4.97. The largest absolute Gasteiger partial charge is 0.481 e. The molecule has 0 bridgehead atoms. The monoisotopic (exact) mass is 538 g/mol. The summed E-state index contributed by atoms with van der Waals surface area (Å²) in [7, 11) is 1.26. The molecule has 9 heteroatoms. The zero-order chi connectivity index (χ0) is 28.1. The SMILES string of the molecule is COC(=O)N(NC(=O)c1c(CN2CCC(C(=O)O)CC2)c(-c2ccccc2)nc2ccccc12)c1ccccc1. The van der Waals surface area contributed by atoms with Gasteiger partial charge in [-0.2, -0.15) is 5.01 Å². The van der Waals surface area contributed by atoms with Crippen molar-refractivity contribution in [3.8, 4) is 11.3 Å². The Hall–Kier alpha value is -4.76. The molecule has 0 atom stereocenters. The number of rotatable bonds is 6. The zero-order valence-corrected chi connectivity index (χ0v) is 22.1. The first-order valence-electron chi connectivity index (χ1n) is 13.1. The van der Waals surface area contributed by atoms with E-state index in [1.54, 1.807) is 24.3 Å². The molecule has 4 aromatic rings. The number of pyridine rings is 1. The number of likely N-dealkylation sites (tertiary alicyclic amines) is 1. The number of para-hydroxylation sites is 2. The molecule has 1 saturated heterocycles. The summed E-state index contributed by atoms with van der Waals surface area (Å²) >= 11 is 0. The van der Waals surface area contributed by atoms with Gasteiger partial charge in [0.15, 0.2) is 0 Å². The number of nitrogens with zero attached hydrogens (tertiary/aromatic N) is 3. The number of amides is 2. The number of carbonyl (C=O) groups excluding carboxylic acids is 2. The van der Waals surface area contributed by atoms with Gasteiger partial charge in [0, 0.05) is 23.1 Å². The highest BCUT2D eigenvalue weighted by Crippen LogP contribution is 2.33. The van der Waals surface area contributed by atoms with Crippen molar-refractivity contribution in [2.45, 2.75) is 19.4 Å². The van der Waals surface area contributed by atoms with Crippen LogP contribution in [0.15, 0.2) is 84.9 Å². The Morgan fingerprint density at radius 1 is 0.950 bits per heavy atom. The van der Waals surface area contributed by atoms with Crippen molar-refractivity contribution >= 4 is 34.6 Å². The molecule has 9 nitrogen and oxygen atoms in total. The number of hydrogen-bond acceptors (Lipinski definition) is 6. The maximum atomic E-state index is 14.2. The fraction of sp³-hybridized carbons (Fsp3) is 0.226. The number of carboxylic acids is 1. The standard InChI is InChI=1S/C31H30N4O5/c1-40-31(39)35(23-12-6-3-7-13-23)33-29(36)27-24-14-8-9-15-26(24)32-28(21-10-4-2-5-11-21)25(27)20-34-18-16-22(17-19-34)30(37)38/h2-15,22H,16-20H2,1H3,(H,33,36)(H,37,38). The van der Waals surface area contributed by atoms with E-state index in [0.29, 0.717) is 65.9 Å². The maximum absolute atomic E-state index is 14.2. The first-order chi connectivity index (χ1) is 19.5. The second kappa shape index (κ2) is 12.0. The molecule has 0 spiro atoms. The number of nitrogens with one attached hydrogen (secondary N) is 1. The van der Waals surface area contributed by atoms with Gasteiger partial charge in [0.25, 0.3) is 5.91 Å². The number of benzene rings is 3. The Kier molecular flexibility index (Phi) is 8.02. The van der Waals surface area contributed by atoms with Crippen molar-refractivity contribution in [3.63, 3.8) is 0 Å². The molecule has 1 aliphatic heterocycles. The van der Waals surface area contributed by atoms with Crippen LogP contribution in [0.1, 0.15) is 28.8 Å². The molecule has 3 aromatic carbocycles. The molecule has 0 aliphatic carbocycles. The highest BCUT2D eigenvalue weighted by Gasteiger charge is 2.29. The van der Waals surface area contributed by atoms with Crippen molar-refractivity contribution in [3.05, 3.63) is 96.1 Å². The normalized spacial score (nSPS) is 14.0. The molecular formula is C31H30N4O5. The van der Waals surface area contributed by atoms with E-state index in [9.17, 15) is 19.5 Å². The van der Waals surface area contributed by atoms with Crippen LogP contribution in [0.2, 0.25) is 0 Å². The third-order valence-corrected chi connectivity index (χ3v) is 7.17. The minimum Gasteiger partial charge on any atom is -0.481 e. The minimum atomic E-state index is -0.777. The Labute approximate surface area is 232 Å². The number of carboxylic acid groups (broad SMARTS) is 1. The van der Waals surface area contributed by atoms with Gasteiger partial charge in [-0.25, -0.2) is 9.78 Å². The van der Waals surface area contributed by atoms with Gasteiger partial charge < -0.3 is 9.84 Å². The van der Waals surface area contributed by atoms with Crippen LogP contribution in [0, 0.1) is 5.92 Å². The van der Waals surface area contributed by atoms with E-state index in [4.69, 9.17) is 9.72 Å². The molecule has 1 aromatic heterocycles. The Morgan fingerprint density at radius 2 is 1.57 bits per heavy atom. The smallest absolute Gasteiger partial charge is 0.433 e. The van der Waals surface area contributed by atoms with Crippen molar-refractivity contribution in [1.29, 1.82) is 0 Å². The number of hydrogen-bond donors (Lipinski definition) is 2. The number of ether oxygens (including phenoxy) is 1. The van der Waals surface area contributed by atoms with E-state index in [1.165, 1.54) is 7.11 Å². The van der Waals surface area contributed by atoms with Crippen LogP contribution < -0.4 is 10.4 Å². The maximum Gasteiger partial charge on any atom is 0.433 e. The van der Waals surface area contributed by atoms with Crippen LogP contribution in [0.5, 0.6) is 0 Å². The summed E-state index contributed by atoms with van der Waals surface area (Å²) in [5, 5.41) is 11.2. The number of aliphatic carboxylic acids is 1. The summed E-state index contributed by atoms with van der Waals surface area (Å²) in [5.74, 6) is -1.64. The molecule has 204 valence electrons. The van der Waals surface area contributed by atoms with Crippen LogP contribution in [-0.2, 0) is 16.1 Å². The van der Waals surface area contributed by atoms with Gasteiger partial charge in [0.2, 0.25) is 0 Å². The highest BCUT2D eigenvalue weighted by atomic mass is 16.5. The number of anilines is 1. The van der Waals surface area contributed by atoms with E-state index in [2.05, 4.69) is 10.3 Å². The van der Waals surface area contributed by atoms with Crippen LogP contribution in [0.25, 0.3) is 22.2 Å². The van der Waals surface area contributed by atoms with Gasteiger partial charge in [0.05, 0.1) is 35.5 Å². The number of aromatic nitrogens is 1. The topological polar surface area (TPSA) is 112 Å². The molecule has 5 rings (SSSR count). The fourth-order valence-electron chi connectivity index (χ4n) is 5.10. The summed E-state index contributed by atoms with van der Waals surface area (Å²) in [5.41, 5.74) is 6.47. The molecule has 2 N–H and O–H groups in total. The first kappa shape index (κ1) is 26.8. The second-order valence-electron chi connectivity index (χ2n) is 9.67. The van der Waals surface area contributed by atoms with E-state index < -0.39 is 18.0 Å². The lowest BCUT2D eigenvalue weighted by molar-refractivity contribution is -0.143. The van der Waals surface area contributed by atoms with Crippen LogP contribution in [0.4, 0.5) is 10.5 Å². The lowest BCUT2D eigenvalue weighted by Crippen LogP contribution is -2.47. The van der Waals surface area contributed by atoms with Gasteiger partial charge >= 0.3 is 12.1 Å². The van der Waals surface area contributed by atoms with Crippen molar-refractivity contribution in [1.82, 2.24) is 15.3 Å².